The molecule has 2 atom stereocenters. The minimum absolute atomic E-state index is 0.0694. The molecule has 2 unspecified atom stereocenters. The summed E-state index contributed by atoms with van der Waals surface area (Å²) in [5, 5.41) is 8.95. The smallest absolute Gasteiger partial charge is 0.308 e. The van der Waals surface area contributed by atoms with E-state index in [0.29, 0.717) is 6.42 Å². The number of carbonyl (C=O) groups is 3. The largest absolute Gasteiger partial charge is 0.481 e. The molecule has 1 aliphatic heterocycles. The normalized spacial score (nSPS) is 22.6. The molecule has 1 saturated heterocycles. The molecule has 0 bridgehead atoms. The van der Waals surface area contributed by atoms with E-state index in [-0.39, 0.29) is 24.8 Å². The number of rotatable bonds is 4. The molecule has 6 heteroatoms. The zero-order valence-electron chi connectivity index (χ0n) is 10.0. The van der Waals surface area contributed by atoms with E-state index in [2.05, 4.69) is 0 Å². The van der Waals surface area contributed by atoms with E-state index in [4.69, 9.17) is 10.8 Å². The van der Waals surface area contributed by atoms with Crippen molar-refractivity contribution in [2.24, 2.45) is 17.6 Å². The third-order valence-corrected chi connectivity index (χ3v) is 3.05. The van der Waals surface area contributed by atoms with Gasteiger partial charge in [0.15, 0.2) is 0 Å². The van der Waals surface area contributed by atoms with Gasteiger partial charge >= 0.3 is 5.97 Å². The lowest BCUT2D eigenvalue weighted by atomic mass is 9.93. The lowest BCUT2D eigenvalue weighted by Gasteiger charge is -2.37. The fourth-order valence-electron chi connectivity index (χ4n) is 2.18. The maximum atomic E-state index is 11.7. The number of likely N-dealkylation sites (tertiary alicyclic amines) is 1. The lowest BCUT2D eigenvalue weighted by Crippen LogP contribution is -2.55. The van der Waals surface area contributed by atoms with Crippen molar-refractivity contribution in [3.05, 3.63) is 0 Å². The van der Waals surface area contributed by atoms with E-state index < -0.39 is 23.8 Å². The first-order valence-electron chi connectivity index (χ1n) is 5.66. The highest BCUT2D eigenvalue weighted by Gasteiger charge is 2.37. The van der Waals surface area contributed by atoms with Crippen molar-refractivity contribution in [1.29, 1.82) is 0 Å². The summed E-state index contributed by atoms with van der Waals surface area (Å²) in [5.74, 6) is -2.44. The number of hydrogen-bond donors (Lipinski definition) is 2. The molecule has 6 nitrogen and oxygen atoms in total. The van der Waals surface area contributed by atoms with E-state index in [1.807, 2.05) is 0 Å². The third kappa shape index (κ3) is 2.95. The maximum absolute atomic E-state index is 11.7. The fraction of sp³-hybridized carbons (Fsp3) is 0.727. The van der Waals surface area contributed by atoms with Gasteiger partial charge in [-0.05, 0) is 12.3 Å². The zero-order chi connectivity index (χ0) is 13.2. The van der Waals surface area contributed by atoms with Crippen LogP contribution in [0.15, 0.2) is 0 Å². The molecule has 0 aromatic carbocycles. The zero-order valence-corrected chi connectivity index (χ0v) is 10.0. The molecule has 0 aromatic heterocycles. The molecule has 1 fully saturated rings. The maximum Gasteiger partial charge on any atom is 0.308 e. The van der Waals surface area contributed by atoms with Crippen LogP contribution in [-0.4, -0.2) is 40.4 Å². The Kier molecular flexibility index (Phi) is 4.09. The van der Waals surface area contributed by atoms with E-state index in [1.165, 1.54) is 4.90 Å². The van der Waals surface area contributed by atoms with E-state index in [1.54, 1.807) is 13.8 Å². The van der Waals surface area contributed by atoms with Crippen molar-refractivity contribution in [3.63, 3.8) is 0 Å². The summed E-state index contributed by atoms with van der Waals surface area (Å²) >= 11 is 0. The number of piperidine rings is 1. The summed E-state index contributed by atoms with van der Waals surface area (Å²) in [7, 11) is 0. The van der Waals surface area contributed by atoms with Crippen molar-refractivity contribution in [1.82, 2.24) is 4.90 Å². The molecule has 1 rings (SSSR count). The molecule has 0 spiro atoms. The van der Waals surface area contributed by atoms with Crippen LogP contribution in [0.2, 0.25) is 0 Å². The second-order valence-electron chi connectivity index (χ2n) is 4.71. The summed E-state index contributed by atoms with van der Waals surface area (Å²) in [6.07, 6.45) is 0.488. The van der Waals surface area contributed by atoms with Crippen molar-refractivity contribution in [3.8, 4) is 0 Å². The second kappa shape index (κ2) is 5.16. The summed E-state index contributed by atoms with van der Waals surface area (Å²) in [6, 6.07) is -0.718. The summed E-state index contributed by atoms with van der Waals surface area (Å²) in [6.45, 7) is 3.64. The van der Waals surface area contributed by atoms with Crippen LogP contribution in [-0.2, 0) is 14.4 Å². The SMILES string of the molecule is CC(C)C(C(N)=O)N1CC(C(=O)O)CCC1=O. The lowest BCUT2D eigenvalue weighted by molar-refractivity contribution is -0.152. The molecule has 0 radical (unpaired) electrons. The number of carboxylic acids is 1. The van der Waals surface area contributed by atoms with E-state index >= 15 is 0 Å². The van der Waals surface area contributed by atoms with Crippen LogP contribution in [0.25, 0.3) is 0 Å². The highest BCUT2D eigenvalue weighted by Crippen LogP contribution is 2.22. The number of primary amides is 1. The van der Waals surface area contributed by atoms with Gasteiger partial charge < -0.3 is 15.7 Å². The Labute approximate surface area is 99.8 Å². The van der Waals surface area contributed by atoms with Gasteiger partial charge in [-0.25, -0.2) is 0 Å². The quantitative estimate of drug-likeness (QED) is 0.714. The van der Waals surface area contributed by atoms with Gasteiger partial charge in [0, 0.05) is 13.0 Å². The van der Waals surface area contributed by atoms with Crippen molar-refractivity contribution in [2.75, 3.05) is 6.54 Å². The number of carbonyl (C=O) groups excluding carboxylic acids is 2. The van der Waals surface area contributed by atoms with Gasteiger partial charge in [-0.3, -0.25) is 14.4 Å². The molecule has 0 aromatic rings. The van der Waals surface area contributed by atoms with Gasteiger partial charge in [-0.2, -0.15) is 0 Å². The topological polar surface area (TPSA) is 101 Å². The third-order valence-electron chi connectivity index (χ3n) is 3.05. The van der Waals surface area contributed by atoms with Crippen molar-refractivity contribution >= 4 is 17.8 Å². The first kappa shape index (κ1) is 13.5. The van der Waals surface area contributed by atoms with Crippen molar-refractivity contribution in [2.45, 2.75) is 32.7 Å². The summed E-state index contributed by atoms with van der Waals surface area (Å²) in [4.78, 5) is 35.3. The van der Waals surface area contributed by atoms with Gasteiger partial charge in [0.1, 0.15) is 6.04 Å². The molecule has 1 heterocycles. The first-order chi connectivity index (χ1) is 7.84. The first-order valence-corrected chi connectivity index (χ1v) is 5.66. The standard InChI is InChI=1S/C11H18N2O4/c1-6(2)9(10(12)15)13-5-7(11(16)17)3-4-8(13)14/h6-7,9H,3-5H2,1-2H3,(H2,12,15)(H,16,17). The van der Waals surface area contributed by atoms with Gasteiger partial charge in [-0.15, -0.1) is 0 Å². The van der Waals surface area contributed by atoms with Crippen LogP contribution in [0.1, 0.15) is 26.7 Å². The van der Waals surface area contributed by atoms with Gasteiger partial charge in [0.05, 0.1) is 5.92 Å². The van der Waals surface area contributed by atoms with E-state index in [0.717, 1.165) is 0 Å². The molecule has 1 aliphatic rings. The molecule has 3 N–H and O–H groups in total. The van der Waals surface area contributed by atoms with Crippen LogP contribution in [0.3, 0.4) is 0 Å². The molecule has 0 aliphatic carbocycles. The minimum Gasteiger partial charge on any atom is -0.481 e. The Balaban J connectivity index is 2.88. The highest BCUT2D eigenvalue weighted by molar-refractivity contribution is 5.88. The second-order valence-corrected chi connectivity index (χ2v) is 4.71. The van der Waals surface area contributed by atoms with Crippen LogP contribution in [0.5, 0.6) is 0 Å². The van der Waals surface area contributed by atoms with Crippen LogP contribution in [0, 0.1) is 11.8 Å². The summed E-state index contributed by atoms with van der Waals surface area (Å²) in [5.41, 5.74) is 5.27. The number of hydrogen-bond acceptors (Lipinski definition) is 3. The average molecular weight is 242 g/mol. The van der Waals surface area contributed by atoms with Crippen LogP contribution in [0.4, 0.5) is 0 Å². The monoisotopic (exact) mass is 242 g/mol. The molecular weight excluding hydrogens is 224 g/mol. The number of aliphatic carboxylic acids is 1. The average Bonchev–Trinajstić information content (AvgIpc) is 2.19. The van der Waals surface area contributed by atoms with Gasteiger partial charge in [-0.1, -0.05) is 13.8 Å². The Morgan fingerprint density at radius 1 is 1.47 bits per heavy atom. The Bertz CT molecular complexity index is 340. The van der Waals surface area contributed by atoms with Gasteiger partial charge in [0.2, 0.25) is 11.8 Å². The fourth-order valence-corrected chi connectivity index (χ4v) is 2.18. The number of carboxylic acid groups (broad SMARTS) is 1. The van der Waals surface area contributed by atoms with Crippen LogP contribution >= 0.6 is 0 Å². The summed E-state index contributed by atoms with van der Waals surface area (Å²) < 4.78 is 0. The highest BCUT2D eigenvalue weighted by atomic mass is 16.4. The van der Waals surface area contributed by atoms with Gasteiger partial charge in [0.25, 0.3) is 0 Å². The molecular formula is C11H18N2O4. The molecule has 0 saturated carbocycles. The Hall–Kier alpha value is -1.59. The molecule has 2 amide bonds. The molecule has 17 heavy (non-hydrogen) atoms. The predicted octanol–water partition coefficient (Wildman–Crippen LogP) is -0.180. The Morgan fingerprint density at radius 2 is 2.06 bits per heavy atom. The Morgan fingerprint density at radius 3 is 2.47 bits per heavy atom. The number of nitrogens with zero attached hydrogens (tertiary/aromatic N) is 1. The predicted molar refractivity (Wildman–Crippen MR) is 59.9 cm³/mol. The van der Waals surface area contributed by atoms with Crippen molar-refractivity contribution < 1.29 is 19.5 Å². The molecule has 96 valence electrons. The number of amides is 2. The van der Waals surface area contributed by atoms with Crippen LogP contribution < -0.4 is 5.73 Å². The van der Waals surface area contributed by atoms with E-state index in [9.17, 15) is 14.4 Å². The number of nitrogens with two attached hydrogens (primary N) is 1. The minimum atomic E-state index is -0.936.